The van der Waals surface area contributed by atoms with Gasteiger partial charge in [-0.2, -0.15) is 5.10 Å². The van der Waals surface area contributed by atoms with E-state index in [4.69, 9.17) is 9.47 Å². The lowest BCUT2D eigenvalue weighted by Gasteiger charge is -2.07. The highest BCUT2D eigenvalue weighted by molar-refractivity contribution is 6.03. The second kappa shape index (κ2) is 11.2. The van der Waals surface area contributed by atoms with Gasteiger partial charge in [-0.05, 0) is 47.5 Å². The van der Waals surface area contributed by atoms with Gasteiger partial charge in [0.2, 0.25) is 11.8 Å². The van der Waals surface area contributed by atoms with Gasteiger partial charge in [0.1, 0.15) is 24.5 Å². The van der Waals surface area contributed by atoms with Crippen LogP contribution in [0.2, 0.25) is 0 Å². The van der Waals surface area contributed by atoms with Crippen molar-refractivity contribution >= 4 is 23.7 Å². The fraction of sp³-hybridized carbons (Fsp3) is 0.125. The van der Waals surface area contributed by atoms with Gasteiger partial charge in [-0.15, -0.1) is 0 Å². The Balaban J connectivity index is 1.42. The summed E-state index contributed by atoms with van der Waals surface area (Å²) < 4.78 is 10.8. The summed E-state index contributed by atoms with van der Waals surface area (Å²) >= 11 is 0. The molecule has 3 aromatic rings. The summed E-state index contributed by atoms with van der Waals surface area (Å²) in [6, 6.07) is 24.1. The highest BCUT2D eigenvalue weighted by Gasteiger charge is 2.09. The van der Waals surface area contributed by atoms with E-state index in [9.17, 15) is 9.59 Å². The van der Waals surface area contributed by atoms with Crippen molar-refractivity contribution in [2.45, 2.75) is 13.0 Å². The molecule has 158 valence electrons. The molecule has 0 bridgehead atoms. The van der Waals surface area contributed by atoms with Gasteiger partial charge in [-0.1, -0.05) is 36.4 Å². The van der Waals surface area contributed by atoms with Crippen LogP contribution in [0.15, 0.2) is 84.0 Å². The van der Waals surface area contributed by atoms with Crippen molar-refractivity contribution in [2.75, 3.05) is 12.4 Å². The standard InChI is InChI=1S/C24H23N3O4/c1-30-22-9-5-8-20(14-22)26-23(28)15-24(29)27-25-16-18-10-12-21(13-11-18)31-17-19-6-3-2-4-7-19/h2-14,16H,15,17H2,1H3,(H,26,28)(H,27,29). The Labute approximate surface area is 180 Å². The molecule has 0 saturated heterocycles. The average molecular weight is 417 g/mol. The Morgan fingerprint density at radius 3 is 2.42 bits per heavy atom. The number of ether oxygens (including phenoxy) is 2. The smallest absolute Gasteiger partial charge is 0.249 e. The van der Waals surface area contributed by atoms with Crippen LogP contribution in [0.1, 0.15) is 17.5 Å². The highest BCUT2D eigenvalue weighted by Crippen LogP contribution is 2.17. The van der Waals surface area contributed by atoms with E-state index in [1.165, 1.54) is 13.3 Å². The Morgan fingerprint density at radius 2 is 1.68 bits per heavy atom. The molecule has 0 aliphatic carbocycles. The number of methoxy groups -OCH3 is 1. The van der Waals surface area contributed by atoms with Crippen molar-refractivity contribution in [2.24, 2.45) is 5.10 Å². The van der Waals surface area contributed by atoms with Crippen LogP contribution in [0.3, 0.4) is 0 Å². The van der Waals surface area contributed by atoms with E-state index in [2.05, 4.69) is 15.8 Å². The number of hydrogen-bond donors (Lipinski definition) is 2. The van der Waals surface area contributed by atoms with Crippen LogP contribution in [-0.4, -0.2) is 25.1 Å². The van der Waals surface area contributed by atoms with E-state index in [1.807, 2.05) is 54.6 Å². The lowest BCUT2D eigenvalue weighted by atomic mass is 10.2. The average Bonchev–Trinajstić information content (AvgIpc) is 2.79. The minimum absolute atomic E-state index is 0.346. The van der Waals surface area contributed by atoms with Gasteiger partial charge in [0.15, 0.2) is 0 Å². The molecule has 3 rings (SSSR count). The topological polar surface area (TPSA) is 89.0 Å². The number of benzene rings is 3. The third-order valence-electron chi connectivity index (χ3n) is 4.21. The molecule has 0 aliphatic heterocycles. The van der Waals surface area contributed by atoms with Crippen LogP contribution < -0.4 is 20.2 Å². The third kappa shape index (κ3) is 7.32. The second-order valence-corrected chi connectivity index (χ2v) is 6.59. The molecule has 0 atom stereocenters. The zero-order valence-electron chi connectivity index (χ0n) is 17.1. The predicted octanol–water partition coefficient (Wildman–Crippen LogP) is 3.75. The van der Waals surface area contributed by atoms with Crippen LogP contribution in [0.25, 0.3) is 0 Å². The summed E-state index contributed by atoms with van der Waals surface area (Å²) in [5.74, 6) is 0.392. The predicted molar refractivity (Wildman–Crippen MR) is 119 cm³/mol. The van der Waals surface area contributed by atoms with Gasteiger partial charge in [0.25, 0.3) is 0 Å². The Morgan fingerprint density at radius 1 is 0.903 bits per heavy atom. The molecule has 0 aliphatic rings. The molecule has 31 heavy (non-hydrogen) atoms. The summed E-state index contributed by atoms with van der Waals surface area (Å²) in [7, 11) is 1.54. The van der Waals surface area contributed by atoms with E-state index in [1.54, 1.807) is 24.3 Å². The number of amides is 2. The number of nitrogens with one attached hydrogen (secondary N) is 2. The third-order valence-corrected chi connectivity index (χ3v) is 4.21. The molecule has 3 aromatic carbocycles. The number of rotatable bonds is 9. The Bertz CT molecular complexity index is 1030. The highest BCUT2D eigenvalue weighted by atomic mass is 16.5. The van der Waals surface area contributed by atoms with E-state index in [-0.39, 0.29) is 6.42 Å². The summed E-state index contributed by atoms with van der Waals surface area (Å²) in [6.07, 6.45) is 1.15. The first-order valence-electron chi connectivity index (χ1n) is 9.65. The van der Waals surface area contributed by atoms with E-state index in [0.717, 1.165) is 16.9 Å². The molecule has 7 nitrogen and oxygen atoms in total. The van der Waals surface area contributed by atoms with Gasteiger partial charge in [0, 0.05) is 11.8 Å². The van der Waals surface area contributed by atoms with Crippen molar-refractivity contribution < 1.29 is 19.1 Å². The Kier molecular flexibility index (Phi) is 7.77. The molecule has 0 unspecified atom stereocenters. The molecule has 0 aromatic heterocycles. The number of anilines is 1. The molecular weight excluding hydrogens is 394 g/mol. The molecule has 0 spiro atoms. The van der Waals surface area contributed by atoms with Gasteiger partial charge < -0.3 is 14.8 Å². The number of carbonyl (C=O) groups excluding carboxylic acids is 2. The first-order chi connectivity index (χ1) is 15.1. The fourth-order valence-electron chi connectivity index (χ4n) is 2.66. The van der Waals surface area contributed by atoms with Crippen molar-refractivity contribution in [3.63, 3.8) is 0 Å². The largest absolute Gasteiger partial charge is 0.497 e. The van der Waals surface area contributed by atoms with Crippen LogP contribution in [-0.2, 0) is 16.2 Å². The zero-order chi connectivity index (χ0) is 21.9. The SMILES string of the molecule is COc1cccc(NC(=O)CC(=O)NN=Cc2ccc(OCc3ccccc3)cc2)c1. The quantitative estimate of drug-likeness (QED) is 0.315. The maximum absolute atomic E-state index is 12.0. The molecule has 0 heterocycles. The van der Waals surface area contributed by atoms with Crippen molar-refractivity contribution in [1.29, 1.82) is 0 Å². The molecule has 2 amide bonds. The van der Waals surface area contributed by atoms with E-state index >= 15 is 0 Å². The van der Waals surface area contributed by atoms with Crippen molar-refractivity contribution in [1.82, 2.24) is 5.43 Å². The second-order valence-electron chi connectivity index (χ2n) is 6.59. The molecular formula is C24H23N3O4. The number of hydrogen-bond acceptors (Lipinski definition) is 5. The van der Waals surface area contributed by atoms with Gasteiger partial charge in [-0.3, -0.25) is 9.59 Å². The first-order valence-corrected chi connectivity index (χ1v) is 9.65. The summed E-state index contributed by atoms with van der Waals surface area (Å²) in [6.45, 7) is 0.488. The van der Waals surface area contributed by atoms with Crippen LogP contribution in [0.4, 0.5) is 5.69 Å². The fourth-order valence-corrected chi connectivity index (χ4v) is 2.66. The van der Waals surface area contributed by atoms with E-state index in [0.29, 0.717) is 18.0 Å². The normalized spacial score (nSPS) is 10.5. The van der Waals surface area contributed by atoms with Crippen LogP contribution >= 0.6 is 0 Å². The summed E-state index contributed by atoms with van der Waals surface area (Å²) in [5.41, 5.74) is 4.77. The summed E-state index contributed by atoms with van der Waals surface area (Å²) in [4.78, 5) is 23.9. The molecule has 2 N–H and O–H groups in total. The van der Waals surface area contributed by atoms with E-state index < -0.39 is 11.8 Å². The number of carbonyl (C=O) groups is 2. The first kappa shape index (κ1) is 21.6. The molecule has 0 saturated carbocycles. The van der Waals surface area contributed by atoms with Gasteiger partial charge in [-0.25, -0.2) is 5.43 Å². The zero-order valence-corrected chi connectivity index (χ0v) is 17.1. The van der Waals surface area contributed by atoms with Gasteiger partial charge in [0.05, 0.1) is 13.3 Å². The minimum Gasteiger partial charge on any atom is -0.497 e. The monoisotopic (exact) mass is 417 g/mol. The number of hydrazone groups is 1. The molecule has 7 heteroatoms. The molecule has 0 fully saturated rings. The minimum atomic E-state index is -0.514. The van der Waals surface area contributed by atoms with Crippen molar-refractivity contribution in [3.8, 4) is 11.5 Å². The van der Waals surface area contributed by atoms with Crippen molar-refractivity contribution in [3.05, 3.63) is 90.0 Å². The molecule has 0 radical (unpaired) electrons. The summed E-state index contributed by atoms with van der Waals surface area (Å²) in [5, 5.41) is 6.53. The Hall–Kier alpha value is -4.13. The number of nitrogens with zero attached hydrogens (tertiary/aromatic N) is 1. The lowest BCUT2D eigenvalue weighted by molar-refractivity contribution is -0.126. The van der Waals surface area contributed by atoms with Crippen LogP contribution in [0.5, 0.6) is 11.5 Å². The van der Waals surface area contributed by atoms with Gasteiger partial charge >= 0.3 is 0 Å². The maximum atomic E-state index is 12.0. The maximum Gasteiger partial charge on any atom is 0.249 e. The lowest BCUT2D eigenvalue weighted by Crippen LogP contribution is -2.24. The van der Waals surface area contributed by atoms with Crippen LogP contribution in [0, 0.1) is 0 Å².